The second-order valence-corrected chi connectivity index (χ2v) is 11.7. The van der Waals surface area contributed by atoms with Crippen molar-refractivity contribution in [3.8, 4) is 5.75 Å². The van der Waals surface area contributed by atoms with Crippen LogP contribution >= 0.6 is 24.0 Å². The topological polar surface area (TPSA) is 29.5 Å². The van der Waals surface area contributed by atoms with Gasteiger partial charge in [0, 0.05) is 28.9 Å². The molecule has 0 bridgehead atoms. The third-order valence-electron chi connectivity index (χ3n) is 7.67. The summed E-state index contributed by atoms with van der Waals surface area (Å²) in [4.78, 5) is 16.3. The van der Waals surface area contributed by atoms with E-state index in [9.17, 15) is 4.79 Å². The lowest BCUT2D eigenvalue weighted by Gasteiger charge is -2.27. The lowest BCUT2D eigenvalue weighted by molar-refractivity contribution is -0.111. The summed E-state index contributed by atoms with van der Waals surface area (Å²) in [5, 5.41) is 2.41. The van der Waals surface area contributed by atoms with Gasteiger partial charge < -0.3 is 9.64 Å². The van der Waals surface area contributed by atoms with E-state index in [2.05, 4.69) is 60.4 Å². The maximum Gasteiger partial charge on any atom is 0.195 e. The Morgan fingerprint density at radius 3 is 2.75 bits per heavy atom. The van der Waals surface area contributed by atoms with Gasteiger partial charge in [-0.25, -0.2) is 0 Å². The molecule has 3 aliphatic rings. The molecule has 2 atom stereocenters. The van der Waals surface area contributed by atoms with Gasteiger partial charge in [-0.2, -0.15) is 0 Å². The number of thioether (sulfide) groups is 1. The van der Waals surface area contributed by atoms with E-state index >= 15 is 0 Å². The van der Waals surface area contributed by atoms with Gasteiger partial charge in [0.1, 0.15) is 5.75 Å². The van der Waals surface area contributed by atoms with E-state index in [1.54, 1.807) is 7.11 Å². The average Bonchev–Trinajstić information content (AvgIpc) is 3.47. The third kappa shape index (κ3) is 4.08. The Hall–Kier alpha value is -2.89. The van der Waals surface area contributed by atoms with Crippen LogP contribution in [0.5, 0.6) is 5.75 Å². The van der Waals surface area contributed by atoms with Crippen molar-refractivity contribution >= 4 is 62.2 Å². The Labute approximate surface area is 222 Å². The van der Waals surface area contributed by atoms with E-state index in [1.165, 1.54) is 58.7 Å². The first-order chi connectivity index (χ1) is 17.6. The fraction of sp³-hybridized carbons (Fsp3) is 0.290. The van der Waals surface area contributed by atoms with Crippen molar-refractivity contribution in [1.82, 2.24) is 0 Å². The zero-order chi connectivity index (χ0) is 24.8. The number of allylic oxidation sites excluding steroid dienone is 2. The highest BCUT2D eigenvalue weighted by Crippen LogP contribution is 2.53. The highest BCUT2D eigenvalue weighted by atomic mass is 32.2. The lowest BCUT2D eigenvalue weighted by Crippen LogP contribution is -2.26. The number of rotatable bonds is 5. The summed E-state index contributed by atoms with van der Waals surface area (Å²) in [6, 6.07) is 20.2. The smallest absolute Gasteiger partial charge is 0.195 e. The number of hydrogen-bond donors (Lipinski definition) is 0. The van der Waals surface area contributed by atoms with E-state index in [0.29, 0.717) is 12.0 Å². The largest absolute Gasteiger partial charge is 0.497 e. The summed E-state index contributed by atoms with van der Waals surface area (Å²) in [5.41, 5.74) is 5.87. The molecule has 3 aromatic rings. The Morgan fingerprint density at radius 2 is 1.92 bits per heavy atom. The highest BCUT2D eigenvalue weighted by Gasteiger charge is 2.42. The Balaban J connectivity index is 1.37. The van der Waals surface area contributed by atoms with Crippen LogP contribution in [0.4, 0.5) is 11.4 Å². The van der Waals surface area contributed by atoms with Crippen LogP contribution in [0.3, 0.4) is 0 Å². The number of Topliss-reactive ketones (excluding diaryl/α,β-unsaturated/α-hetero) is 1. The molecule has 182 valence electrons. The van der Waals surface area contributed by atoms with E-state index in [1.807, 2.05) is 18.2 Å². The molecule has 36 heavy (non-hydrogen) atoms. The number of thiocarbonyl (C=S) groups is 1. The van der Waals surface area contributed by atoms with Gasteiger partial charge in [0.25, 0.3) is 0 Å². The van der Waals surface area contributed by atoms with Gasteiger partial charge in [0.15, 0.2) is 5.78 Å². The molecule has 5 heteroatoms. The van der Waals surface area contributed by atoms with Gasteiger partial charge in [0.05, 0.1) is 16.2 Å². The molecule has 1 fully saturated rings. The molecule has 2 heterocycles. The molecule has 2 unspecified atom stereocenters. The number of hydrogen-bond acceptors (Lipinski definition) is 5. The van der Waals surface area contributed by atoms with Crippen LogP contribution < -0.4 is 9.64 Å². The minimum absolute atomic E-state index is 0.129. The summed E-state index contributed by atoms with van der Waals surface area (Å²) in [6.45, 7) is 2.10. The van der Waals surface area contributed by atoms with Crippen LogP contribution in [-0.4, -0.2) is 23.1 Å². The number of ketones is 1. The number of ether oxygens (including phenoxy) is 1. The van der Waals surface area contributed by atoms with E-state index in [-0.39, 0.29) is 5.78 Å². The van der Waals surface area contributed by atoms with Crippen LogP contribution in [0, 0.1) is 0 Å². The second kappa shape index (κ2) is 9.53. The normalized spacial score (nSPS) is 22.2. The van der Waals surface area contributed by atoms with Crippen LogP contribution in [0.1, 0.15) is 56.1 Å². The Morgan fingerprint density at radius 1 is 1.08 bits per heavy atom. The summed E-state index contributed by atoms with van der Waals surface area (Å²) < 4.78 is 6.18. The summed E-state index contributed by atoms with van der Waals surface area (Å²) in [6.07, 6.45) is 9.29. The number of methoxy groups -OCH3 is 1. The third-order valence-corrected chi connectivity index (χ3v) is 8.88. The fourth-order valence-corrected chi connectivity index (χ4v) is 7.29. The number of nitrogens with zero attached hydrogens (tertiary/aromatic N) is 1. The van der Waals surface area contributed by atoms with Crippen molar-refractivity contribution in [2.24, 2.45) is 0 Å². The monoisotopic (exact) mass is 511 g/mol. The van der Waals surface area contributed by atoms with Gasteiger partial charge in [-0.05, 0) is 89.7 Å². The molecule has 3 nitrogen and oxygen atoms in total. The Bertz CT molecular complexity index is 1450. The first kappa shape index (κ1) is 23.5. The summed E-state index contributed by atoms with van der Waals surface area (Å²) in [7, 11) is 1.71. The molecule has 6 rings (SSSR count). The molecule has 0 saturated heterocycles. The zero-order valence-corrected chi connectivity index (χ0v) is 22.3. The second-order valence-electron chi connectivity index (χ2n) is 9.87. The maximum atomic E-state index is 13.0. The van der Waals surface area contributed by atoms with Gasteiger partial charge in [0.2, 0.25) is 0 Å². The highest BCUT2D eigenvalue weighted by molar-refractivity contribution is 8.26. The first-order valence-electron chi connectivity index (χ1n) is 12.8. The van der Waals surface area contributed by atoms with Gasteiger partial charge >= 0.3 is 0 Å². The van der Waals surface area contributed by atoms with E-state index in [0.717, 1.165) is 38.8 Å². The number of anilines is 2. The maximum absolute atomic E-state index is 13.0. The van der Waals surface area contributed by atoms with E-state index in [4.69, 9.17) is 17.0 Å². The SMILES string of the molecule is CCCC1=CC(=S)SC(=Cc2ccc3c(c2)C2CCCC2N3c2ccc3cc(OC)ccc3c2)C1=O. The number of carbonyl (C=O) groups is 1. The average molecular weight is 512 g/mol. The Kier molecular flexibility index (Phi) is 6.22. The van der Waals surface area contributed by atoms with Crippen molar-refractivity contribution in [2.75, 3.05) is 12.0 Å². The van der Waals surface area contributed by atoms with Gasteiger partial charge in [-0.1, -0.05) is 61.9 Å². The number of carbonyl (C=O) groups excluding carboxylic acids is 1. The molecule has 0 aromatic heterocycles. The van der Waals surface area contributed by atoms with Crippen molar-refractivity contribution < 1.29 is 9.53 Å². The molecule has 1 saturated carbocycles. The molecular weight excluding hydrogens is 482 g/mol. The van der Waals surface area contributed by atoms with Crippen LogP contribution in [0.2, 0.25) is 0 Å². The van der Waals surface area contributed by atoms with E-state index < -0.39 is 0 Å². The molecular formula is C31H29NO2S2. The van der Waals surface area contributed by atoms with Crippen LogP contribution in [0.15, 0.2) is 71.2 Å². The van der Waals surface area contributed by atoms with Crippen molar-refractivity contribution in [3.63, 3.8) is 0 Å². The lowest BCUT2D eigenvalue weighted by atomic mass is 9.95. The van der Waals surface area contributed by atoms with Crippen molar-refractivity contribution in [3.05, 3.63) is 82.3 Å². The minimum atomic E-state index is 0.129. The predicted molar refractivity (Wildman–Crippen MR) is 156 cm³/mol. The first-order valence-corrected chi connectivity index (χ1v) is 14.0. The minimum Gasteiger partial charge on any atom is -0.497 e. The van der Waals surface area contributed by atoms with Gasteiger partial charge in [-0.15, -0.1) is 0 Å². The molecule has 3 aromatic carbocycles. The van der Waals surface area contributed by atoms with Gasteiger partial charge in [-0.3, -0.25) is 4.79 Å². The number of benzene rings is 3. The number of fused-ring (bicyclic) bond motifs is 4. The molecule has 0 amide bonds. The molecule has 0 N–H and O–H groups in total. The standard InChI is InChI=1S/C31H29NO2S2/c1-3-5-22-18-30(35)36-29(31(22)33)15-19-8-13-28-26(14-19)25-6-4-7-27(25)32(28)23-11-9-21-17-24(34-2)12-10-20(21)16-23/h8-18,25,27H,3-7H2,1-2H3. The molecule has 0 radical (unpaired) electrons. The van der Waals surface area contributed by atoms with Crippen LogP contribution in [0.25, 0.3) is 16.8 Å². The summed E-state index contributed by atoms with van der Waals surface area (Å²) in [5.74, 6) is 1.53. The summed E-state index contributed by atoms with van der Waals surface area (Å²) >= 11 is 6.90. The van der Waals surface area contributed by atoms with Crippen molar-refractivity contribution in [1.29, 1.82) is 0 Å². The molecule has 0 spiro atoms. The fourth-order valence-electron chi connectivity index (χ4n) is 6.04. The quantitative estimate of drug-likeness (QED) is 0.254. The molecule has 1 aliphatic carbocycles. The zero-order valence-electron chi connectivity index (χ0n) is 20.6. The molecule has 2 aliphatic heterocycles. The van der Waals surface area contributed by atoms with Crippen LogP contribution in [-0.2, 0) is 4.79 Å². The predicted octanol–water partition coefficient (Wildman–Crippen LogP) is 8.35. The van der Waals surface area contributed by atoms with Crippen molar-refractivity contribution in [2.45, 2.75) is 51.0 Å².